The molecule has 6 nitrogen and oxygen atoms in total. The van der Waals surface area contributed by atoms with Gasteiger partial charge in [0.05, 0.1) is 15.5 Å². The van der Waals surface area contributed by atoms with Gasteiger partial charge >= 0.3 is 0 Å². The molecule has 0 atom stereocenters. The van der Waals surface area contributed by atoms with Crippen molar-refractivity contribution in [3.05, 3.63) is 156 Å². The second kappa shape index (κ2) is 14.3. The Bertz CT molecular complexity index is 1670. The monoisotopic (exact) mass is 594 g/mol. The molecule has 0 saturated heterocycles. The van der Waals surface area contributed by atoms with Crippen molar-refractivity contribution in [2.24, 2.45) is 5.14 Å². The van der Waals surface area contributed by atoms with Crippen LogP contribution in [0.3, 0.4) is 0 Å². The fourth-order valence-corrected chi connectivity index (χ4v) is 6.68. The molecular formula is C34H34N4O2S2. The van der Waals surface area contributed by atoms with E-state index in [1.165, 1.54) is 11.8 Å². The summed E-state index contributed by atoms with van der Waals surface area (Å²) in [5, 5.41) is 11.5. The second-order valence-corrected chi connectivity index (χ2v) is 12.5. The molecular weight excluding hydrogens is 561 g/mol. The highest BCUT2D eigenvalue weighted by molar-refractivity contribution is 8.00. The van der Waals surface area contributed by atoms with Crippen LogP contribution in [0.5, 0.6) is 0 Å². The lowest BCUT2D eigenvalue weighted by Crippen LogP contribution is -2.36. The number of hydrogen-bond donors (Lipinski definition) is 3. The SMILES string of the molecule is NS(=O)(=O)c1cc(CN(Cc2ccccc2)NCc2ccccc2)cc(NCc2ccccc2)c1Sc1ccccc1. The molecule has 0 aliphatic heterocycles. The van der Waals surface area contributed by atoms with E-state index in [1.807, 2.05) is 103 Å². The zero-order chi connectivity index (χ0) is 29.2. The van der Waals surface area contributed by atoms with Crippen LogP contribution in [0.4, 0.5) is 5.69 Å². The third-order valence-electron chi connectivity index (χ3n) is 6.65. The molecule has 0 aliphatic carbocycles. The highest BCUT2D eigenvalue weighted by Crippen LogP contribution is 2.39. The molecule has 4 N–H and O–H groups in total. The van der Waals surface area contributed by atoms with Crippen LogP contribution >= 0.6 is 11.8 Å². The van der Waals surface area contributed by atoms with E-state index in [0.29, 0.717) is 31.1 Å². The number of primary sulfonamides is 1. The van der Waals surface area contributed by atoms with Gasteiger partial charge in [-0.1, -0.05) is 121 Å². The summed E-state index contributed by atoms with van der Waals surface area (Å²) < 4.78 is 26.0. The summed E-state index contributed by atoms with van der Waals surface area (Å²) in [4.78, 5) is 1.61. The molecule has 0 heterocycles. The lowest BCUT2D eigenvalue weighted by Gasteiger charge is -2.25. The molecule has 0 unspecified atom stereocenters. The van der Waals surface area contributed by atoms with Gasteiger partial charge < -0.3 is 5.32 Å². The van der Waals surface area contributed by atoms with Crippen LogP contribution in [0.15, 0.2) is 148 Å². The van der Waals surface area contributed by atoms with Gasteiger partial charge in [-0.3, -0.25) is 5.43 Å². The molecule has 0 spiro atoms. The predicted molar refractivity (Wildman–Crippen MR) is 171 cm³/mol. The Morgan fingerprint density at radius 1 is 0.619 bits per heavy atom. The van der Waals surface area contributed by atoms with Crippen LogP contribution in [-0.4, -0.2) is 13.4 Å². The quantitative estimate of drug-likeness (QED) is 0.130. The van der Waals surface area contributed by atoms with E-state index in [2.05, 4.69) is 40.0 Å². The van der Waals surface area contributed by atoms with Crippen LogP contribution in [0, 0.1) is 0 Å². The number of sulfonamides is 1. The maximum Gasteiger partial charge on any atom is 0.239 e. The molecule has 0 saturated carbocycles. The first-order valence-electron chi connectivity index (χ1n) is 13.7. The van der Waals surface area contributed by atoms with Crippen molar-refractivity contribution in [3.8, 4) is 0 Å². The number of anilines is 1. The van der Waals surface area contributed by atoms with Gasteiger partial charge in [-0.05, 0) is 46.5 Å². The Hall–Kier alpha value is -3.92. The highest BCUT2D eigenvalue weighted by atomic mass is 32.2. The summed E-state index contributed by atoms with van der Waals surface area (Å²) in [5.41, 5.74) is 8.48. The molecule has 0 aliphatic rings. The molecule has 5 aromatic rings. The van der Waals surface area contributed by atoms with Crippen LogP contribution < -0.4 is 15.9 Å². The van der Waals surface area contributed by atoms with Gasteiger partial charge in [0.2, 0.25) is 10.0 Å². The molecule has 214 valence electrons. The molecule has 0 fully saturated rings. The lowest BCUT2D eigenvalue weighted by atomic mass is 10.1. The Morgan fingerprint density at radius 3 is 1.69 bits per heavy atom. The van der Waals surface area contributed by atoms with E-state index in [9.17, 15) is 8.42 Å². The van der Waals surface area contributed by atoms with Crippen molar-refractivity contribution in [2.45, 2.75) is 40.9 Å². The van der Waals surface area contributed by atoms with E-state index in [-0.39, 0.29) is 4.90 Å². The maximum atomic E-state index is 13.0. The van der Waals surface area contributed by atoms with Gasteiger partial charge in [-0.2, -0.15) is 0 Å². The summed E-state index contributed by atoms with van der Waals surface area (Å²) in [6.07, 6.45) is 0. The van der Waals surface area contributed by atoms with E-state index < -0.39 is 10.0 Å². The number of rotatable bonds is 13. The number of nitrogens with zero attached hydrogens (tertiary/aromatic N) is 1. The first kappa shape index (κ1) is 29.6. The van der Waals surface area contributed by atoms with Crippen LogP contribution in [-0.2, 0) is 36.2 Å². The minimum absolute atomic E-state index is 0.104. The predicted octanol–water partition coefficient (Wildman–Crippen LogP) is 6.80. The van der Waals surface area contributed by atoms with Gasteiger partial charge in [0, 0.05) is 31.1 Å². The average molecular weight is 595 g/mol. The largest absolute Gasteiger partial charge is 0.380 e. The standard InChI is InChI=1S/C34H34N4O2S2/c35-42(39,40)33-22-30(26-38(25-29-17-9-3-10-18-29)37-24-28-15-7-2-8-16-28)21-32(36-23-27-13-5-1-6-14-27)34(33)41-31-19-11-4-12-20-31/h1-22,36-37H,23-26H2,(H2,35,39,40). The van der Waals surface area contributed by atoms with Crippen molar-refractivity contribution in [3.63, 3.8) is 0 Å². The highest BCUT2D eigenvalue weighted by Gasteiger charge is 2.22. The normalized spacial score (nSPS) is 11.5. The summed E-state index contributed by atoms with van der Waals surface area (Å²) in [5.74, 6) is 0. The number of nitrogens with two attached hydrogens (primary N) is 1. The summed E-state index contributed by atoms with van der Waals surface area (Å²) in [7, 11) is -4.03. The molecule has 42 heavy (non-hydrogen) atoms. The Balaban J connectivity index is 1.50. The Morgan fingerprint density at radius 2 is 1.12 bits per heavy atom. The van der Waals surface area contributed by atoms with E-state index in [4.69, 9.17) is 5.14 Å². The van der Waals surface area contributed by atoms with Gasteiger partial charge in [-0.25, -0.2) is 18.6 Å². The molecule has 8 heteroatoms. The Kier molecular flexibility index (Phi) is 10.1. The molecule has 0 aromatic heterocycles. The zero-order valence-corrected chi connectivity index (χ0v) is 24.8. The first-order chi connectivity index (χ1) is 20.4. The average Bonchev–Trinajstić information content (AvgIpc) is 3.01. The minimum atomic E-state index is -4.03. The topological polar surface area (TPSA) is 87.5 Å². The molecule has 5 aromatic carbocycles. The lowest BCUT2D eigenvalue weighted by molar-refractivity contribution is 0.164. The summed E-state index contributed by atoms with van der Waals surface area (Å²) in [6.45, 7) is 2.26. The third kappa shape index (κ3) is 8.55. The number of hydrogen-bond acceptors (Lipinski definition) is 6. The first-order valence-corrected chi connectivity index (χ1v) is 16.1. The van der Waals surface area contributed by atoms with E-state index in [1.54, 1.807) is 6.07 Å². The molecule has 5 rings (SSSR count). The van der Waals surface area contributed by atoms with Gasteiger partial charge in [-0.15, -0.1) is 0 Å². The molecule has 0 radical (unpaired) electrons. The summed E-state index contributed by atoms with van der Waals surface area (Å²) >= 11 is 1.39. The molecule has 0 amide bonds. The summed E-state index contributed by atoms with van der Waals surface area (Å²) in [6, 6.07) is 43.9. The van der Waals surface area contributed by atoms with Gasteiger partial charge in [0.1, 0.15) is 0 Å². The van der Waals surface area contributed by atoms with Crippen molar-refractivity contribution in [1.29, 1.82) is 0 Å². The number of benzene rings is 5. The Labute approximate surface area is 252 Å². The van der Waals surface area contributed by atoms with Crippen molar-refractivity contribution in [2.75, 3.05) is 5.32 Å². The maximum absolute atomic E-state index is 13.0. The van der Waals surface area contributed by atoms with Crippen molar-refractivity contribution in [1.82, 2.24) is 10.4 Å². The van der Waals surface area contributed by atoms with Crippen LogP contribution in [0.2, 0.25) is 0 Å². The zero-order valence-electron chi connectivity index (χ0n) is 23.2. The fourth-order valence-electron chi connectivity index (χ4n) is 4.59. The van der Waals surface area contributed by atoms with Crippen LogP contribution in [0.1, 0.15) is 22.3 Å². The van der Waals surface area contributed by atoms with Crippen LogP contribution in [0.25, 0.3) is 0 Å². The van der Waals surface area contributed by atoms with Crippen molar-refractivity contribution < 1.29 is 8.42 Å². The van der Waals surface area contributed by atoms with E-state index in [0.717, 1.165) is 32.8 Å². The minimum Gasteiger partial charge on any atom is -0.380 e. The second-order valence-electron chi connectivity index (χ2n) is 9.93. The fraction of sp³-hybridized carbons (Fsp3) is 0.118. The van der Waals surface area contributed by atoms with E-state index >= 15 is 0 Å². The third-order valence-corrected chi connectivity index (χ3v) is 8.87. The molecule has 0 bridgehead atoms. The number of hydrazine groups is 1. The van der Waals surface area contributed by atoms with Crippen molar-refractivity contribution >= 4 is 27.5 Å². The smallest absolute Gasteiger partial charge is 0.239 e. The number of nitrogens with one attached hydrogen (secondary N) is 2. The van der Waals surface area contributed by atoms with Gasteiger partial charge in [0.15, 0.2) is 0 Å². The van der Waals surface area contributed by atoms with Gasteiger partial charge in [0.25, 0.3) is 0 Å².